The summed E-state index contributed by atoms with van der Waals surface area (Å²) in [6, 6.07) is 13.9. The zero-order valence-electron chi connectivity index (χ0n) is 15.0. The van der Waals surface area contributed by atoms with Gasteiger partial charge in [0, 0.05) is 37.7 Å². The highest BCUT2D eigenvalue weighted by Crippen LogP contribution is 2.24. The highest BCUT2D eigenvalue weighted by molar-refractivity contribution is 6.30. The summed E-state index contributed by atoms with van der Waals surface area (Å²) in [5, 5.41) is 10.4. The number of halogens is 1. The number of nitrogens with zero attached hydrogens (tertiary/aromatic N) is 2. The van der Waals surface area contributed by atoms with Crippen LogP contribution in [0.1, 0.15) is 0 Å². The molecule has 0 bridgehead atoms. The normalized spacial score (nSPS) is 14.8. The number of phenolic OH excluding ortho intramolecular Hbond substituents is 1. The lowest BCUT2D eigenvalue weighted by Gasteiger charge is -2.34. The summed E-state index contributed by atoms with van der Waals surface area (Å²) in [6.07, 6.45) is 0. The Labute approximate surface area is 163 Å². The molecule has 3 rings (SSSR count). The number of carbonyl (C=O) groups is 1. The molecule has 1 saturated heterocycles. The summed E-state index contributed by atoms with van der Waals surface area (Å²) in [6.45, 7) is 4.23. The molecule has 0 saturated carbocycles. The van der Waals surface area contributed by atoms with Crippen molar-refractivity contribution in [3.63, 3.8) is 0 Å². The van der Waals surface area contributed by atoms with Crippen molar-refractivity contribution >= 4 is 17.5 Å². The lowest BCUT2D eigenvalue weighted by atomic mass is 10.3. The number of benzene rings is 2. The Kier molecular flexibility index (Phi) is 6.79. The second kappa shape index (κ2) is 9.48. The molecule has 0 atom stereocenters. The molecule has 27 heavy (non-hydrogen) atoms. The number of piperazine rings is 1. The number of ether oxygens (including phenoxy) is 2. The first kappa shape index (κ1) is 19.3. The number of phenols is 1. The average Bonchev–Trinajstić information content (AvgIpc) is 2.69. The van der Waals surface area contributed by atoms with Gasteiger partial charge >= 0.3 is 0 Å². The highest BCUT2D eigenvalue weighted by Gasteiger charge is 2.21. The van der Waals surface area contributed by atoms with Crippen LogP contribution in [0.4, 0.5) is 0 Å². The fourth-order valence-electron chi connectivity index (χ4n) is 2.85. The van der Waals surface area contributed by atoms with E-state index in [2.05, 4.69) is 4.90 Å². The fourth-order valence-corrected chi connectivity index (χ4v) is 2.98. The predicted molar refractivity (Wildman–Crippen MR) is 104 cm³/mol. The SMILES string of the molecule is O=C(COc1ccccc1O)N1CCN(CCOc2ccc(Cl)cc2)CC1. The van der Waals surface area contributed by atoms with Gasteiger partial charge in [-0.1, -0.05) is 23.7 Å². The summed E-state index contributed by atoms with van der Waals surface area (Å²) in [7, 11) is 0. The minimum atomic E-state index is -0.0738. The average molecular weight is 391 g/mol. The summed E-state index contributed by atoms with van der Waals surface area (Å²) < 4.78 is 11.1. The molecule has 144 valence electrons. The summed E-state index contributed by atoms with van der Waals surface area (Å²) in [5.74, 6) is 1.09. The predicted octanol–water partition coefficient (Wildman–Crippen LogP) is 2.65. The summed E-state index contributed by atoms with van der Waals surface area (Å²) >= 11 is 5.85. The van der Waals surface area contributed by atoms with E-state index in [9.17, 15) is 9.90 Å². The lowest BCUT2D eigenvalue weighted by molar-refractivity contribution is -0.135. The van der Waals surface area contributed by atoms with Crippen LogP contribution in [0.15, 0.2) is 48.5 Å². The molecule has 6 nitrogen and oxygen atoms in total. The van der Waals surface area contributed by atoms with Gasteiger partial charge in [-0.05, 0) is 36.4 Å². The van der Waals surface area contributed by atoms with Gasteiger partial charge in [-0.15, -0.1) is 0 Å². The van der Waals surface area contributed by atoms with Crippen molar-refractivity contribution in [2.75, 3.05) is 45.9 Å². The van der Waals surface area contributed by atoms with E-state index >= 15 is 0 Å². The Hall–Kier alpha value is -2.44. The second-order valence-corrected chi connectivity index (χ2v) is 6.72. The van der Waals surface area contributed by atoms with Crippen LogP contribution in [0.3, 0.4) is 0 Å². The number of hydrogen-bond donors (Lipinski definition) is 1. The van der Waals surface area contributed by atoms with E-state index < -0.39 is 0 Å². The molecule has 2 aromatic carbocycles. The lowest BCUT2D eigenvalue weighted by Crippen LogP contribution is -2.50. The number of aromatic hydroxyl groups is 1. The van der Waals surface area contributed by atoms with Crippen molar-refractivity contribution in [3.05, 3.63) is 53.6 Å². The zero-order chi connectivity index (χ0) is 19.1. The fraction of sp³-hybridized carbons (Fsp3) is 0.350. The van der Waals surface area contributed by atoms with Crippen molar-refractivity contribution in [2.45, 2.75) is 0 Å². The van der Waals surface area contributed by atoms with Gasteiger partial charge in [0.1, 0.15) is 12.4 Å². The Bertz CT molecular complexity index is 746. The molecule has 1 aliphatic heterocycles. The van der Waals surface area contributed by atoms with Gasteiger partial charge in [-0.3, -0.25) is 9.69 Å². The van der Waals surface area contributed by atoms with Gasteiger partial charge in [-0.2, -0.15) is 0 Å². The van der Waals surface area contributed by atoms with Crippen LogP contribution in [-0.2, 0) is 4.79 Å². The maximum atomic E-state index is 12.3. The molecule has 1 fully saturated rings. The topological polar surface area (TPSA) is 62.2 Å². The van der Waals surface area contributed by atoms with Crippen LogP contribution < -0.4 is 9.47 Å². The van der Waals surface area contributed by atoms with Crippen LogP contribution in [0.2, 0.25) is 5.02 Å². The van der Waals surface area contributed by atoms with E-state index in [1.165, 1.54) is 6.07 Å². The smallest absolute Gasteiger partial charge is 0.260 e. The van der Waals surface area contributed by atoms with E-state index in [4.69, 9.17) is 21.1 Å². The van der Waals surface area contributed by atoms with Crippen molar-refractivity contribution in [3.8, 4) is 17.2 Å². The first-order chi connectivity index (χ1) is 13.1. The number of amides is 1. The van der Waals surface area contributed by atoms with E-state index in [0.717, 1.165) is 25.4 Å². The van der Waals surface area contributed by atoms with Crippen molar-refractivity contribution < 1.29 is 19.4 Å². The van der Waals surface area contributed by atoms with E-state index in [0.29, 0.717) is 30.5 Å². The zero-order valence-corrected chi connectivity index (χ0v) is 15.8. The van der Waals surface area contributed by atoms with Crippen LogP contribution in [0.25, 0.3) is 0 Å². The molecule has 0 unspecified atom stereocenters. The summed E-state index contributed by atoms with van der Waals surface area (Å²) in [4.78, 5) is 16.3. The van der Waals surface area contributed by atoms with Gasteiger partial charge in [0.2, 0.25) is 0 Å². The van der Waals surface area contributed by atoms with E-state index in [1.54, 1.807) is 35.2 Å². The Balaban J connectivity index is 1.35. The van der Waals surface area contributed by atoms with Gasteiger partial charge < -0.3 is 19.5 Å². The van der Waals surface area contributed by atoms with Crippen molar-refractivity contribution in [2.24, 2.45) is 0 Å². The molecule has 1 amide bonds. The molecule has 0 aromatic heterocycles. The molecule has 1 heterocycles. The third-order valence-corrected chi connectivity index (χ3v) is 4.68. The minimum absolute atomic E-state index is 0.0378. The Morgan fingerprint density at radius 2 is 1.70 bits per heavy atom. The largest absolute Gasteiger partial charge is 0.504 e. The van der Waals surface area contributed by atoms with Crippen LogP contribution >= 0.6 is 11.6 Å². The number of rotatable bonds is 7. The number of carbonyl (C=O) groups excluding carboxylic acids is 1. The molecule has 2 aromatic rings. The minimum Gasteiger partial charge on any atom is -0.504 e. The molecular formula is C20H23ClN2O4. The van der Waals surface area contributed by atoms with Gasteiger partial charge in [0.15, 0.2) is 18.1 Å². The number of hydrogen-bond acceptors (Lipinski definition) is 5. The molecular weight excluding hydrogens is 368 g/mol. The second-order valence-electron chi connectivity index (χ2n) is 6.28. The maximum absolute atomic E-state index is 12.3. The van der Waals surface area contributed by atoms with Crippen LogP contribution in [-0.4, -0.2) is 66.8 Å². The highest BCUT2D eigenvalue weighted by atomic mass is 35.5. The van der Waals surface area contributed by atoms with E-state index in [-0.39, 0.29) is 18.3 Å². The summed E-state index contributed by atoms with van der Waals surface area (Å²) in [5.41, 5.74) is 0. The van der Waals surface area contributed by atoms with E-state index in [1.807, 2.05) is 12.1 Å². The van der Waals surface area contributed by atoms with Crippen molar-refractivity contribution in [1.82, 2.24) is 9.80 Å². The first-order valence-electron chi connectivity index (χ1n) is 8.91. The van der Waals surface area contributed by atoms with Gasteiger partial charge in [0.25, 0.3) is 5.91 Å². The van der Waals surface area contributed by atoms with Gasteiger partial charge in [0.05, 0.1) is 0 Å². The molecule has 0 aliphatic carbocycles. The molecule has 0 radical (unpaired) electrons. The van der Waals surface area contributed by atoms with Crippen LogP contribution in [0.5, 0.6) is 17.2 Å². The third-order valence-electron chi connectivity index (χ3n) is 4.43. The quantitative estimate of drug-likeness (QED) is 0.787. The van der Waals surface area contributed by atoms with Gasteiger partial charge in [-0.25, -0.2) is 0 Å². The molecule has 7 heteroatoms. The first-order valence-corrected chi connectivity index (χ1v) is 9.29. The molecule has 1 aliphatic rings. The monoisotopic (exact) mass is 390 g/mol. The molecule has 0 spiro atoms. The Morgan fingerprint density at radius 3 is 2.41 bits per heavy atom. The number of para-hydroxylation sites is 2. The Morgan fingerprint density at radius 1 is 1.00 bits per heavy atom. The van der Waals surface area contributed by atoms with Crippen LogP contribution in [0, 0.1) is 0 Å². The van der Waals surface area contributed by atoms with Crippen molar-refractivity contribution in [1.29, 1.82) is 0 Å². The molecule has 1 N–H and O–H groups in total. The standard InChI is InChI=1S/C20H23ClN2O4/c21-16-5-7-17(8-6-16)26-14-13-22-9-11-23(12-10-22)20(25)15-27-19-4-2-1-3-18(19)24/h1-8,24H,9-15H2. The third kappa shape index (κ3) is 5.77. The maximum Gasteiger partial charge on any atom is 0.260 e.